The van der Waals surface area contributed by atoms with Crippen LogP contribution in [0.5, 0.6) is 5.75 Å². The normalized spacial score (nSPS) is 7.69. The van der Waals surface area contributed by atoms with Crippen LogP contribution in [0.2, 0.25) is 0 Å². The average Bonchev–Trinajstić information content (AvgIpc) is 2.21. The minimum atomic E-state index is 0.704. The summed E-state index contributed by atoms with van der Waals surface area (Å²) in [4.78, 5) is 0. The van der Waals surface area contributed by atoms with Gasteiger partial charge in [-0.15, -0.1) is 0 Å². The second kappa shape index (κ2) is 6.14. The summed E-state index contributed by atoms with van der Waals surface area (Å²) in [6.07, 6.45) is 0. The lowest BCUT2D eigenvalue weighted by Gasteiger charge is -1.95. The second-order valence-electron chi connectivity index (χ2n) is 2.35. The van der Waals surface area contributed by atoms with Crippen LogP contribution in [-0.4, -0.2) is 7.11 Å². The van der Waals surface area contributed by atoms with E-state index in [1.165, 1.54) is 0 Å². The Hall–Kier alpha value is -1.42. The zero-order valence-electron chi connectivity index (χ0n) is 8.77. The molecule has 0 aliphatic heterocycles. The molecule has 0 radical (unpaired) electrons. The molecule has 0 amide bonds. The van der Waals surface area contributed by atoms with Gasteiger partial charge in [0.05, 0.1) is 7.11 Å². The summed E-state index contributed by atoms with van der Waals surface area (Å²) in [7, 11) is 1.61. The molecule has 1 heteroatoms. The van der Waals surface area contributed by atoms with Crippen molar-refractivity contribution in [3.8, 4) is 5.75 Å². The molecule has 0 saturated heterocycles. The highest BCUT2D eigenvalue weighted by molar-refractivity contribution is 5.59. The Bertz CT molecular complexity index is 246. The molecule has 0 heterocycles. The third kappa shape index (κ3) is 3.66. The van der Waals surface area contributed by atoms with Crippen LogP contribution in [0.25, 0.3) is 5.57 Å². The van der Waals surface area contributed by atoms with Crippen LogP contribution in [0, 0.1) is 12.1 Å². The smallest absolute Gasteiger partial charge is 0.169 e. The van der Waals surface area contributed by atoms with E-state index >= 15 is 0 Å². The molecule has 0 aliphatic carbocycles. The molecule has 0 saturated carbocycles. The molecule has 0 N–H and O–H groups in total. The number of ether oxygens (including phenoxy) is 1. The molecule has 70 valence electrons. The number of hydrogen-bond donors (Lipinski definition) is 0. The Kier molecular flexibility index (Phi) is 5.47. The summed E-state index contributed by atoms with van der Waals surface area (Å²) in [6, 6.07) is 9.56. The first-order chi connectivity index (χ1) is 6.24. The topological polar surface area (TPSA) is 9.23 Å². The summed E-state index contributed by atoms with van der Waals surface area (Å²) < 4.78 is 4.93. The van der Waals surface area contributed by atoms with Crippen LogP contribution in [0.1, 0.15) is 26.3 Å². The molecule has 0 unspecified atom stereocenters. The van der Waals surface area contributed by atoms with Crippen LogP contribution in [0.15, 0.2) is 18.7 Å². The largest absolute Gasteiger partial charge is 0.489 e. The molecule has 0 spiro atoms. The Morgan fingerprint density at radius 3 is 2.23 bits per heavy atom. The Balaban J connectivity index is 0.000000671. The van der Waals surface area contributed by atoms with Gasteiger partial charge in [-0.1, -0.05) is 26.5 Å². The number of hydrogen-bond acceptors (Lipinski definition) is 1. The first-order valence-electron chi connectivity index (χ1n) is 4.38. The highest BCUT2D eigenvalue weighted by atomic mass is 16.5. The fraction of sp³-hybridized carbons (Fsp3) is 0.333. The van der Waals surface area contributed by atoms with Gasteiger partial charge in [0, 0.05) is 5.56 Å². The van der Waals surface area contributed by atoms with Gasteiger partial charge in [0.15, 0.2) is 5.75 Å². The van der Waals surface area contributed by atoms with Crippen molar-refractivity contribution in [2.45, 2.75) is 20.8 Å². The van der Waals surface area contributed by atoms with Gasteiger partial charge in [0.1, 0.15) is 0 Å². The van der Waals surface area contributed by atoms with Gasteiger partial charge in [0.25, 0.3) is 0 Å². The maximum absolute atomic E-state index is 4.93. The van der Waals surface area contributed by atoms with Crippen LogP contribution in [-0.2, 0) is 0 Å². The minimum Gasteiger partial charge on any atom is -0.489 e. The first kappa shape index (κ1) is 11.6. The summed E-state index contributed by atoms with van der Waals surface area (Å²) in [5.74, 6) is 0.704. The molecule has 1 nitrogen and oxygen atoms in total. The monoisotopic (exact) mass is 176 g/mol. The quantitative estimate of drug-likeness (QED) is 0.671. The summed E-state index contributed by atoms with van der Waals surface area (Å²) in [5, 5.41) is 0. The molecule has 0 bridgehead atoms. The van der Waals surface area contributed by atoms with Crippen LogP contribution in [0.4, 0.5) is 0 Å². The molecule has 0 fully saturated rings. The SMILES string of the molecule is C=C(C)c1c#cc(OC)cc1.CC. The Morgan fingerprint density at radius 1 is 1.31 bits per heavy atom. The molecule has 0 aliphatic rings. The number of rotatable bonds is 2. The van der Waals surface area contributed by atoms with E-state index in [1.54, 1.807) is 7.11 Å². The summed E-state index contributed by atoms with van der Waals surface area (Å²) in [5.41, 5.74) is 1.97. The van der Waals surface area contributed by atoms with E-state index in [2.05, 4.69) is 18.7 Å². The average molecular weight is 176 g/mol. The third-order valence-corrected chi connectivity index (χ3v) is 1.40. The minimum absolute atomic E-state index is 0.704. The van der Waals surface area contributed by atoms with E-state index in [1.807, 2.05) is 32.9 Å². The van der Waals surface area contributed by atoms with Gasteiger partial charge >= 0.3 is 0 Å². The molecule has 1 aromatic carbocycles. The lowest BCUT2D eigenvalue weighted by atomic mass is 10.1. The van der Waals surface area contributed by atoms with Crippen molar-refractivity contribution in [3.05, 3.63) is 36.4 Å². The predicted octanol–water partition coefficient (Wildman–Crippen LogP) is 3.35. The van der Waals surface area contributed by atoms with Crippen molar-refractivity contribution in [2.75, 3.05) is 7.11 Å². The zero-order valence-corrected chi connectivity index (χ0v) is 8.77. The van der Waals surface area contributed by atoms with E-state index in [4.69, 9.17) is 4.74 Å². The Morgan fingerprint density at radius 2 is 1.92 bits per heavy atom. The van der Waals surface area contributed by atoms with Crippen LogP contribution in [0.3, 0.4) is 0 Å². The predicted molar refractivity (Wildman–Crippen MR) is 56.7 cm³/mol. The van der Waals surface area contributed by atoms with Crippen molar-refractivity contribution in [1.82, 2.24) is 0 Å². The van der Waals surface area contributed by atoms with Crippen molar-refractivity contribution in [2.24, 2.45) is 0 Å². The Labute approximate surface area is 81.1 Å². The van der Waals surface area contributed by atoms with Gasteiger partial charge in [-0.25, -0.2) is 0 Å². The van der Waals surface area contributed by atoms with Gasteiger partial charge in [-0.2, -0.15) is 0 Å². The standard InChI is InChI=1S/C10H10O.C2H6/c1-8(2)9-4-6-10(11-3)7-5-9;1-2/h4,6H,1H2,2-3H3;1-2H3. The van der Waals surface area contributed by atoms with Gasteiger partial charge in [0.2, 0.25) is 0 Å². The van der Waals surface area contributed by atoms with Crippen molar-refractivity contribution < 1.29 is 4.74 Å². The molecule has 1 aromatic rings. The maximum atomic E-state index is 4.93. The second-order valence-corrected chi connectivity index (χ2v) is 2.35. The summed E-state index contributed by atoms with van der Waals surface area (Å²) >= 11 is 0. The van der Waals surface area contributed by atoms with Crippen LogP contribution >= 0.6 is 0 Å². The lowest BCUT2D eigenvalue weighted by Crippen LogP contribution is -1.80. The van der Waals surface area contributed by atoms with Crippen molar-refractivity contribution in [1.29, 1.82) is 0 Å². The van der Waals surface area contributed by atoms with Gasteiger partial charge < -0.3 is 4.74 Å². The molecular weight excluding hydrogens is 160 g/mol. The van der Waals surface area contributed by atoms with Gasteiger partial charge in [-0.05, 0) is 30.7 Å². The van der Waals surface area contributed by atoms with E-state index in [0.29, 0.717) is 5.75 Å². The van der Waals surface area contributed by atoms with Gasteiger partial charge in [-0.3, -0.25) is 0 Å². The molecule has 0 atom stereocenters. The number of allylic oxidation sites excluding steroid dienone is 1. The fourth-order valence-corrected chi connectivity index (χ4v) is 0.739. The van der Waals surface area contributed by atoms with E-state index in [-0.39, 0.29) is 0 Å². The molecule has 1 rings (SSSR count). The highest BCUT2D eigenvalue weighted by Crippen LogP contribution is 2.11. The highest BCUT2D eigenvalue weighted by Gasteiger charge is 1.90. The van der Waals surface area contributed by atoms with Crippen molar-refractivity contribution in [3.63, 3.8) is 0 Å². The third-order valence-electron chi connectivity index (χ3n) is 1.40. The van der Waals surface area contributed by atoms with Crippen molar-refractivity contribution >= 4 is 5.57 Å². The lowest BCUT2D eigenvalue weighted by molar-refractivity contribution is 0.415. The van der Waals surface area contributed by atoms with E-state index < -0.39 is 0 Å². The first-order valence-corrected chi connectivity index (χ1v) is 4.38. The van der Waals surface area contributed by atoms with E-state index in [0.717, 1.165) is 11.1 Å². The molecule has 0 aromatic heterocycles. The molecule has 13 heavy (non-hydrogen) atoms. The maximum Gasteiger partial charge on any atom is 0.169 e. The van der Waals surface area contributed by atoms with Crippen LogP contribution < -0.4 is 4.74 Å². The summed E-state index contributed by atoms with van der Waals surface area (Å²) in [6.45, 7) is 9.73. The molecular formula is C12H16O. The zero-order chi connectivity index (χ0) is 10.3. The number of methoxy groups -OCH3 is 1. The van der Waals surface area contributed by atoms with E-state index in [9.17, 15) is 0 Å². The fourth-order valence-electron chi connectivity index (χ4n) is 0.739.